The van der Waals surface area contributed by atoms with Crippen molar-refractivity contribution >= 4 is 0 Å². The van der Waals surface area contributed by atoms with Gasteiger partial charge in [0.15, 0.2) is 0 Å². The van der Waals surface area contributed by atoms with Gasteiger partial charge in [0, 0.05) is 6.61 Å². The molecular formula is C30H52O. The molecule has 1 N–H and O–H groups in total. The topological polar surface area (TPSA) is 20.2 Å². The highest BCUT2D eigenvalue weighted by Gasteiger charge is 2.61. The Morgan fingerprint density at radius 3 is 2.26 bits per heavy atom. The van der Waals surface area contributed by atoms with Crippen molar-refractivity contribution in [2.45, 2.75) is 112 Å². The molecule has 9 atom stereocenters. The lowest BCUT2D eigenvalue weighted by Crippen LogP contribution is -2.51. The minimum absolute atomic E-state index is 0.434. The monoisotopic (exact) mass is 428 g/mol. The largest absolute Gasteiger partial charge is 0.396 e. The van der Waals surface area contributed by atoms with E-state index in [9.17, 15) is 5.11 Å². The molecule has 0 aromatic heterocycles. The van der Waals surface area contributed by atoms with E-state index in [-0.39, 0.29) is 0 Å². The molecule has 0 aromatic rings. The van der Waals surface area contributed by atoms with Crippen molar-refractivity contribution in [1.82, 2.24) is 0 Å². The molecule has 0 spiro atoms. The molecule has 4 fully saturated rings. The lowest BCUT2D eigenvalue weighted by Gasteiger charge is -2.58. The summed E-state index contributed by atoms with van der Waals surface area (Å²) >= 11 is 0. The summed E-state index contributed by atoms with van der Waals surface area (Å²) in [7, 11) is 0. The van der Waals surface area contributed by atoms with Crippen LogP contribution < -0.4 is 0 Å². The Labute approximate surface area is 193 Å². The molecule has 0 bridgehead atoms. The van der Waals surface area contributed by atoms with Crippen molar-refractivity contribution in [1.29, 1.82) is 0 Å². The number of allylic oxidation sites excluding steroid dienone is 2. The molecule has 178 valence electrons. The van der Waals surface area contributed by atoms with Gasteiger partial charge in [0.05, 0.1) is 0 Å². The Morgan fingerprint density at radius 1 is 0.903 bits per heavy atom. The van der Waals surface area contributed by atoms with Gasteiger partial charge >= 0.3 is 0 Å². The molecule has 0 heterocycles. The van der Waals surface area contributed by atoms with Gasteiger partial charge in [-0.3, -0.25) is 0 Å². The summed E-state index contributed by atoms with van der Waals surface area (Å²) < 4.78 is 0. The molecule has 4 aliphatic carbocycles. The van der Waals surface area contributed by atoms with E-state index in [1.54, 1.807) is 5.57 Å². The first-order valence-electron chi connectivity index (χ1n) is 14.1. The van der Waals surface area contributed by atoms with Crippen LogP contribution in [0.5, 0.6) is 0 Å². The Morgan fingerprint density at radius 2 is 1.58 bits per heavy atom. The van der Waals surface area contributed by atoms with E-state index in [4.69, 9.17) is 0 Å². The van der Waals surface area contributed by atoms with E-state index >= 15 is 0 Å². The molecule has 4 saturated carbocycles. The van der Waals surface area contributed by atoms with Crippen LogP contribution in [0.15, 0.2) is 11.6 Å². The van der Waals surface area contributed by atoms with Gasteiger partial charge in [0.1, 0.15) is 0 Å². The molecule has 0 aromatic carbocycles. The molecule has 31 heavy (non-hydrogen) atoms. The number of hydrogen-bond acceptors (Lipinski definition) is 1. The van der Waals surface area contributed by atoms with Crippen LogP contribution in [0.4, 0.5) is 0 Å². The van der Waals surface area contributed by atoms with Crippen molar-refractivity contribution in [3.63, 3.8) is 0 Å². The highest BCUT2D eigenvalue weighted by molar-refractivity contribution is 5.11. The second-order valence-electron chi connectivity index (χ2n) is 13.1. The van der Waals surface area contributed by atoms with E-state index in [0.717, 1.165) is 35.5 Å². The van der Waals surface area contributed by atoms with Gasteiger partial charge in [-0.2, -0.15) is 0 Å². The van der Waals surface area contributed by atoms with E-state index in [1.165, 1.54) is 70.6 Å². The molecule has 0 saturated heterocycles. The molecule has 0 aliphatic heterocycles. The Bertz CT molecular complexity index is 649. The summed E-state index contributed by atoms with van der Waals surface area (Å²) in [5.41, 5.74) is 2.81. The van der Waals surface area contributed by atoms with E-state index in [0.29, 0.717) is 29.3 Å². The van der Waals surface area contributed by atoms with Crippen LogP contribution in [0.2, 0.25) is 0 Å². The lowest BCUT2D eigenvalue weighted by atomic mass is 9.46. The minimum Gasteiger partial charge on any atom is -0.396 e. The molecule has 4 aliphatic rings. The van der Waals surface area contributed by atoms with Crippen molar-refractivity contribution in [3.8, 4) is 0 Å². The molecule has 0 amide bonds. The van der Waals surface area contributed by atoms with Crippen LogP contribution in [0.25, 0.3) is 0 Å². The number of aliphatic hydroxyl groups is 1. The van der Waals surface area contributed by atoms with Gasteiger partial charge < -0.3 is 5.11 Å². The van der Waals surface area contributed by atoms with Gasteiger partial charge in [0.2, 0.25) is 0 Å². The third-order valence-electron chi connectivity index (χ3n) is 11.7. The molecule has 4 rings (SSSR count). The fraction of sp³-hybridized carbons (Fsp3) is 0.933. The Balaban J connectivity index is 1.45. The average Bonchev–Trinajstić information content (AvgIpc) is 3.27. The SMILES string of the molecule is CCC=C(CCC(C)C1CCC2C3CCC4C(CO)CCC4(C)C3CCC12C)C(C)C. The van der Waals surface area contributed by atoms with Gasteiger partial charge in [-0.25, -0.2) is 0 Å². The van der Waals surface area contributed by atoms with Crippen LogP contribution in [-0.4, -0.2) is 11.7 Å². The maximum atomic E-state index is 9.96. The zero-order valence-corrected chi connectivity index (χ0v) is 21.6. The second-order valence-corrected chi connectivity index (χ2v) is 13.1. The smallest absolute Gasteiger partial charge is 0.0462 e. The maximum absolute atomic E-state index is 9.96. The zero-order chi connectivity index (χ0) is 22.4. The first-order chi connectivity index (χ1) is 14.8. The second kappa shape index (κ2) is 9.15. The molecule has 1 nitrogen and oxygen atoms in total. The Kier molecular flexibility index (Phi) is 7.04. The van der Waals surface area contributed by atoms with E-state index in [1.807, 2.05) is 0 Å². The van der Waals surface area contributed by atoms with Crippen molar-refractivity contribution in [3.05, 3.63) is 11.6 Å². The normalized spacial score (nSPS) is 46.0. The third-order valence-corrected chi connectivity index (χ3v) is 11.7. The van der Waals surface area contributed by atoms with Crippen LogP contribution in [0, 0.1) is 58.2 Å². The average molecular weight is 429 g/mol. The fourth-order valence-corrected chi connectivity index (χ4v) is 10.0. The summed E-state index contributed by atoms with van der Waals surface area (Å²) in [5, 5.41) is 9.96. The predicted octanol–water partition coefficient (Wildman–Crippen LogP) is 8.27. The zero-order valence-electron chi connectivity index (χ0n) is 21.6. The summed E-state index contributed by atoms with van der Waals surface area (Å²) in [5.74, 6) is 6.80. The number of hydrogen-bond donors (Lipinski definition) is 1. The van der Waals surface area contributed by atoms with Gasteiger partial charge in [0.25, 0.3) is 0 Å². The Hall–Kier alpha value is -0.300. The lowest BCUT2D eigenvalue weighted by molar-refractivity contribution is -0.0975. The fourth-order valence-electron chi connectivity index (χ4n) is 10.0. The van der Waals surface area contributed by atoms with Crippen LogP contribution in [-0.2, 0) is 0 Å². The van der Waals surface area contributed by atoms with Crippen molar-refractivity contribution in [2.75, 3.05) is 6.61 Å². The van der Waals surface area contributed by atoms with Crippen LogP contribution >= 0.6 is 0 Å². The maximum Gasteiger partial charge on any atom is 0.0462 e. The molecule has 9 unspecified atom stereocenters. The molecule has 0 radical (unpaired) electrons. The van der Waals surface area contributed by atoms with Gasteiger partial charge in [-0.15, -0.1) is 0 Å². The van der Waals surface area contributed by atoms with Crippen molar-refractivity contribution in [2.24, 2.45) is 58.2 Å². The van der Waals surface area contributed by atoms with Gasteiger partial charge in [-0.05, 0) is 129 Å². The number of fused-ring (bicyclic) bond motifs is 5. The van der Waals surface area contributed by atoms with Crippen molar-refractivity contribution < 1.29 is 5.11 Å². The summed E-state index contributed by atoms with van der Waals surface area (Å²) in [6.45, 7) is 15.4. The summed E-state index contributed by atoms with van der Waals surface area (Å²) in [6.07, 6.45) is 17.9. The summed E-state index contributed by atoms with van der Waals surface area (Å²) in [6, 6.07) is 0. The van der Waals surface area contributed by atoms with E-state index in [2.05, 4.69) is 47.6 Å². The van der Waals surface area contributed by atoms with Crippen LogP contribution in [0.1, 0.15) is 112 Å². The highest BCUT2D eigenvalue weighted by atomic mass is 16.3. The molecular weight excluding hydrogens is 376 g/mol. The number of aliphatic hydroxyl groups excluding tert-OH is 1. The summed E-state index contributed by atoms with van der Waals surface area (Å²) in [4.78, 5) is 0. The van der Waals surface area contributed by atoms with Gasteiger partial charge in [-0.1, -0.05) is 53.2 Å². The first-order valence-corrected chi connectivity index (χ1v) is 14.1. The highest BCUT2D eigenvalue weighted by Crippen LogP contribution is 2.69. The predicted molar refractivity (Wildman–Crippen MR) is 133 cm³/mol. The first kappa shape index (κ1) is 23.8. The standard InChI is InChI=1S/C30H52O/c1-7-8-22(20(2)3)10-9-21(4)25-13-14-27-24-11-12-26-23(19-31)15-17-30(26,6)28(24)16-18-29(25,27)5/h8,20-21,23-28,31H,7,9-19H2,1-6H3. The third kappa shape index (κ3) is 3.98. The number of rotatable bonds is 7. The minimum atomic E-state index is 0.434. The quantitative estimate of drug-likeness (QED) is 0.404. The van der Waals surface area contributed by atoms with Crippen LogP contribution in [0.3, 0.4) is 0 Å². The molecule has 1 heteroatoms. The van der Waals surface area contributed by atoms with E-state index < -0.39 is 0 Å².